The lowest BCUT2D eigenvalue weighted by Crippen LogP contribution is -2.22. The van der Waals surface area contributed by atoms with Crippen molar-refractivity contribution in [3.8, 4) is 0 Å². The molecular weight excluding hydrogens is 170 g/mol. The van der Waals surface area contributed by atoms with Gasteiger partial charge in [-0.2, -0.15) is 0 Å². The van der Waals surface area contributed by atoms with Crippen LogP contribution in [-0.4, -0.2) is 29.3 Å². The van der Waals surface area contributed by atoms with Gasteiger partial charge in [-0.1, -0.05) is 0 Å². The smallest absolute Gasteiger partial charge is 0.253 e. The fourth-order valence-corrected chi connectivity index (χ4v) is 0.895. The van der Waals surface area contributed by atoms with Gasteiger partial charge < -0.3 is 10.5 Å². The van der Waals surface area contributed by atoms with Crippen molar-refractivity contribution in [3.05, 3.63) is 28.9 Å². The van der Waals surface area contributed by atoms with Crippen LogP contribution in [0.15, 0.2) is 23.4 Å². The number of hydrogen-bond donors (Lipinski definition) is 1. The monoisotopic (exact) mass is 183 g/mol. The molecule has 0 amide bonds. The van der Waals surface area contributed by atoms with Crippen molar-refractivity contribution in [2.24, 2.45) is 5.73 Å². The van der Waals surface area contributed by atoms with Gasteiger partial charge in [0, 0.05) is 18.8 Å². The predicted octanol–water partition coefficient (Wildman–Crippen LogP) is -0.781. The lowest BCUT2D eigenvalue weighted by atomic mass is 10.6. The number of nitrogens with two attached hydrogens (primary N) is 1. The molecule has 0 unspecified atom stereocenters. The summed E-state index contributed by atoms with van der Waals surface area (Å²) in [6, 6.07) is 1.42. The van der Waals surface area contributed by atoms with Crippen LogP contribution in [0, 0.1) is 0 Å². The molecule has 0 aliphatic rings. The van der Waals surface area contributed by atoms with Crippen LogP contribution in [0.2, 0.25) is 0 Å². The van der Waals surface area contributed by atoms with Crippen LogP contribution in [0.4, 0.5) is 0 Å². The second-order valence-corrected chi connectivity index (χ2v) is 2.51. The van der Waals surface area contributed by atoms with Gasteiger partial charge >= 0.3 is 0 Å². The Balaban J connectivity index is 2.37. The molecule has 0 fully saturated rings. The van der Waals surface area contributed by atoms with Gasteiger partial charge in [0.1, 0.15) is 0 Å². The highest BCUT2D eigenvalue weighted by molar-refractivity contribution is 4.81. The molecule has 1 aromatic heterocycles. The van der Waals surface area contributed by atoms with Gasteiger partial charge in [-0.3, -0.25) is 9.36 Å². The molecule has 0 saturated carbocycles. The van der Waals surface area contributed by atoms with Gasteiger partial charge in [-0.25, -0.2) is 4.98 Å². The molecule has 13 heavy (non-hydrogen) atoms. The summed E-state index contributed by atoms with van der Waals surface area (Å²) in [6.45, 7) is 2.03. The van der Waals surface area contributed by atoms with E-state index in [1.807, 2.05) is 0 Å². The normalized spacial score (nSPS) is 10.2. The van der Waals surface area contributed by atoms with Crippen LogP contribution in [0.3, 0.4) is 0 Å². The van der Waals surface area contributed by atoms with Crippen LogP contribution in [0.5, 0.6) is 0 Å². The third kappa shape index (κ3) is 3.35. The van der Waals surface area contributed by atoms with Crippen molar-refractivity contribution < 1.29 is 4.74 Å². The van der Waals surface area contributed by atoms with E-state index in [4.69, 9.17) is 10.5 Å². The number of rotatable bonds is 5. The predicted molar refractivity (Wildman–Crippen MR) is 48.4 cm³/mol. The molecule has 5 nitrogen and oxygen atoms in total. The van der Waals surface area contributed by atoms with Crippen molar-refractivity contribution in [2.75, 3.05) is 19.8 Å². The standard InChI is InChI=1S/C8H13N3O2/c9-2-5-13-6-4-11-7-10-3-1-8(11)12/h1,3,7H,2,4-6,9H2. The summed E-state index contributed by atoms with van der Waals surface area (Å²) in [5, 5.41) is 0. The average molecular weight is 183 g/mol. The number of aromatic nitrogens is 2. The van der Waals surface area contributed by atoms with E-state index in [2.05, 4.69) is 4.98 Å². The highest BCUT2D eigenvalue weighted by Crippen LogP contribution is 1.80. The summed E-state index contributed by atoms with van der Waals surface area (Å²) in [6.07, 6.45) is 2.97. The molecule has 0 bridgehead atoms. The zero-order chi connectivity index (χ0) is 9.52. The third-order valence-corrected chi connectivity index (χ3v) is 1.53. The molecule has 0 atom stereocenters. The topological polar surface area (TPSA) is 70.1 Å². The molecule has 0 aliphatic heterocycles. The lowest BCUT2D eigenvalue weighted by Gasteiger charge is -2.04. The Kier molecular flexibility index (Phi) is 4.14. The molecular formula is C8H13N3O2. The van der Waals surface area contributed by atoms with Gasteiger partial charge in [-0.15, -0.1) is 0 Å². The van der Waals surface area contributed by atoms with Gasteiger partial charge in [0.25, 0.3) is 5.56 Å². The maximum absolute atomic E-state index is 11.1. The van der Waals surface area contributed by atoms with E-state index in [0.29, 0.717) is 26.3 Å². The highest BCUT2D eigenvalue weighted by Gasteiger charge is 1.93. The van der Waals surface area contributed by atoms with Crippen molar-refractivity contribution >= 4 is 0 Å². The van der Waals surface area contributed by atoms with Crippen LogP contribution in [0.1, 0.15) is 0 Å². The molecule has 1 rings (SSSR count). The van der Waals surface area contributed by atoms with E-state index in [1.54, 1.807) is 0 Å². The van der Waals surface area contributed by atoms with Crippen molar-refractivity contribution in [1.29, 1.82) is 0 Å². The molecule has 0 aromatic carbocycles. The maximum atomic E-state index is 11.1. The first-order chi connectivity index (χ1) is 6.34. The van der Waals surface area contributed by atoms with E-state index in [1.165, 1.54) is 23.2 Å². The molecule has 0 saturated heterocycles. The first kappa shape index (κ1) is 9.88. The molecule has 2 N–H and O–H groups in total. The molecule has 0 aliphatic carbocycles. The summed E-state index contributed by atoms with van der Waals surface area (Å²) in [5.41, 5.74) is 5.17. The average Bonchev–Trinajstić information content (AvgIpc) is 2.15. The highest BCUT2D eigenvalue weighted by atomic mass is 16.5. The van der Waals surface area contributed by atoms with Crippen molar-refractivity contribution in [3.63, 3.8) is 0 Å². The first-order valence-electron chi connectivity index (χ1n) is 4.13. The van der Waals surface area contributed by atoms with Crippen molar-refractivity contribution in [1.82, 2.24) is 9.55 Å². The zero-order valence-corrected chi connectivity index (χ0v) is 7.35. The summed E-state index contributed by atoms with van der Waals surface area (Å²) in [5.74, 6) is 0. The molecule has 72 valence electrons. The second-order valence-electron chi connectivity index (χ2n) is 2.51. The van der Waals surface area contributed by atoms with Crippen LogP contribution in [-0.2, 0) is 11.3 Å². The van der Waals surface area contributed by atoms with Crippen LogP contribution < -0.4 is 11.3 Å². The minimum atomic E-state index is -0.0636. The minimum absolute atomic E-state index is 0.0636. The van der Waals surface area contributed by atoms with E-state index >= 15 is 0 Å². The molecule has 0 spiro atoms. The fraction of sp³-hybridized carbons (Fsp3) is 0.500. The Morgan fingerprint density at radius 2 is 2.38 bits per heavy atom. The summed E-state index contributed by atoms with van der Waals surface area (Å²) >= 11 is 0. The lowest BCUT2D eigenvalue weighted by molar-refractivity contribution is 0.132. The Labute approximate surface area is 76.2 Å². The first-order valence-corrected chi connectivity index (χ1v) is 4.13. The molecule has 1 aromatic rings. The fourth-order valence-electron chi connectivity index (χ4n) is 0.895. The number of ether oxygens (including phenoxy) is 1. The largest absolute Gasteiger partial charge is 0.378 e. The summed E-state index contributed by atoms with van der Waals surface area (Å²) in [4.78, 5) is 15.0. The Bertz CT molecular complexity index is 297. The van der Waals surface area contributed by atoms with Gasteiger partial charge in [0.15, 0.2) is 0 Å². The Hall–Kier alpha value is -1.20. The summed E-state index contributed by atoms with van der Waals surface area (Å²) < 4.78 is 6.63. The summed E-state index contributed by atoms with van der Waals surface area (Å²) in [7, 11) is 0. The van der Waals surface area contributed by atoms with Gasteiger partial charge in [0.05, 0.1) is 26.1 Å². The maximum Gasteiger partial charge on any atom is 0.253 e. The zero-order valence-electron chi connectivity index (χ0n) is 7.35. The van der Waals surface area contributed by atoms with Crippen LogP contribution >= 0.6 is 0 Å². The molecule has 5 heteroatoms. The van der Waals surface area contributed by atoms with Crippen molar-refractivity contribution in [2.45, 2.75) is 6.54 Å². The van der Waals surface area contributed by atoms with E-state index < -0.39 is 0 Å². The second kappa shape index (κ2) is 5.45. The number of nitrogens with zero attached hydrogens (tertiary/aromatic N) is 2. The Morgan fingerprint density at radius 1 is 1.54 bits per heavy atom. The SMILES string of the molecule is NCCOCCn1cnccc1=O. The Morgan fingerprint density at radius 3 is 3.08 bits per heavy atom. The molecule has 0 radical (unpaired) electrons. The molecule has 1 heterocycles. The number of hydrogen-bond acceptors (Lipinski definition) is 4. The van der Waals surface area contributed by atoms with Crippen LogP contribution in [0.25, 0.3) is 0 Å². The minimum Gasteiger partial charge on any atom is -0.378 e. The van der Waals surface area contributed by atoms with E-state index in [0.717, 1.165) is 0 Å². The van der Waals surface area contributed by atoms with E-state index in [-0.39, 0.29) is 5.56 Å². The third-order valence-electron chi connectivity index (χ3n) is 1.53. The van der Waals surface area contributed by atoms with E-state index in [9.17, 15) is 4.79 Å². The van der Waals surface area contributed by atoms with Gasteiger partial charge in [-0.05, 0) is 0 Å². The quantitative estimate of drug-likeness (QED) is 0.608. The van der Waals surface area contributed by atoms with Gasteiger partial charge in [0.2, 0.25) is 0 Å².